The van der Waals surface area contributed by atoms with Crippen LogP contribution in [0, 0.1) is 6.92 Å². The number of thioether (sulfide) groups is 1. The zero-order chi connectivity index (χ0) is 16.4. The second-order valence-electron chi connectivity index (χ2n) is 5.61. The molecule has 1 aliphatic rings. The maximum absolute atomic E-state index is 12.4. The Morgan fingerprint density at radius 3 is 3.09 bits per heavy atom. The number of nitrogens with one attached hydrogen (secondary N) is 2. The lowest BCUT2D eigenvalue weighted by Crippen LogP contribution is -2.25. The van der Waals surface area contributed by atoms with Crippen molar-refractivity contribution in [2.75, 3.05) is 5.32 Å². The molecule has 0 radical (unpaired) electrons. The third kappa shape index (κ3) is 3.64. The van der Waals surface area contributed by atoms with Crippen LogP contribution in [-0.2, 0) is 17.8 Å². The van der Waals surface area contributed by atoms with Crippen molar-refractivity contribution in [3.63, 3.8) is 0 Å². The maximum Gasteiger partial charge on any atom is 0.251 e. The van der Waals surface area contributed by atoms with Crippen molar-refractivity contribution < 1.29 is 4.79 Å². The van der Waals surface area contributed by atoms with Crippen molar-refractivity contribution in [1.82, 2.24) is 19.5 Å². The number of hydrogen-bond donors (Lipinski definition) is 2. The van der Waals surface area contributed by atoms with Gasteiger partial charge in [0.2, 0.25) is 5.91 Å². The van der Waals surface area contributed by atoms with Crippen LogP contribution in [0.2, 0.25) is 0 Å². The Labute approximate surface area is 137 Å². The number of aromatic amines is 1. The Balaban J connectivity index is 1.68. The summed E-state index contributed by atoms with van der Waals surface area (Å²) in [4.78, 5) is 35.1. The van der Waals surface area contributed by atoms with Crippen LogP contribution in [0.25, 0.3) is 0 Å². The first-order valence-corrected chi connectivity index (χ1v) is 8.51. The van der Waals surface area contributed by atoms with Gasteiger partial charge in [0, 0.05) is 24.7 Å². The minimum atomic E-state index is -0.380. The van der Waals surface area contributed by atoms with Crippen LogP contribution >= 0.6 is 11.8 Å². The minimum Gasteiger partial charge on any atom is -0.315 e. The molecule has 23 heavy (non-hydrogen) atoms. The van der Waals surface area contributed by atoms with E-state index < -0.39 is 0 Å². The van der Waals surface area contributed by atoms with E-state index >= 15 is 0 Å². The molecule has 8 heteroatoms. The summed E-state index contributed by atoms with van der Waals surface area (Å²) in [6.07, 6.45) is 4.91. The number of carbonyl (C=O) groups excluding carboxylic acids is 1. The van der Waals surface area contributed by atoms with Crippen molar-refractivity contribution in [3.8, 4) is 0 Å². The first kappa shape index (κ1) is 15.8. The maximum atomic E-state index is 12.4. The largest absolute Gasteiger partial charge is 0.315 e. The molecule has 1 amide bonds. The van der Waals surface area contributed by atoms with Crippen molar-refractivity contribution in [1.29, 1.82) is 0 Å². The van der Waals surface area contributed by atoms with Gasteiger partial charge in [0.25, 0.3) is 5.56 Å². The summed E-state index contributed by atoms with van der Waals surface area (Å²) in [6.45, 7) is 4.43. The highest BCUT2D eigenvalue weighted by molar-refractivity contribution is 8.00. The Kier molecular flexibility index (Phi) is 4.51. The SMILES string of the molecule is Cc1cc(=O)[nH]c(SC(C)C(=O)Nc2cnc3n2CCCC3)n1. The number of rotatable bonds is 4. The van der Waals surface area contributed by atoms with E-state index in [0.29, 0.717) is 10.9 Å². The first-order valence-electron chi connectivity index (χ1n) is 7.63. The predicted molar refractivity (Wildman–Crippen MR) is 88.7 cm³/mol. The summed E-state index contributed by atoms with van der Waals surface area (Å²) in [5.41, 5.74) is 0.422. The van der Waals surface area contributed by atoms with E-state index in [0.717, 1.165) is 37.4 Å². The Bertz CT molecular complexity index is 782. The second kappa shape index (κ2) is 6.57. The molecule has 0 bridgehead atoms. The summed E-state index contributed by atoms with van der Waals surface area (Å²) in [5.74, 6) is 1.63. The molecule has 3 rings (SSSR count). The van der Waals surface area contributed by atoms with Gasteiger partial charge in [0.15, 0.2) is 5.16 Å². The molecule has 122 valence electrons. The molecule has 2 aromatic rings. The second-order valence-corrected chi connectivity index (χ2v) is 6.94. The van der Waals surface area contributed by atoms with Gasteiger partial charge in [0.1, 0.15) is 11.6 Å². The quantitative estimate of drug-likeness (QED) is 0.656. The van der Waals surface area contributed by atoms with Gasteiger partial charge in [-0.25, -0.2) is 9.97 Å². The number of hydrogen-bond acceptors (Lipinski definition) is 5. The van der Waals surface area contributed by atoms with Gasteiger partial charge in [-0.05, 0) is 26.7 Å². The lowest BCUT2D eigenvalue weighted by molar-refractivity contribution is -0.115. The first-order chi connectivity index (χ1) is 11.0. The summed E-state index contributed by atoms with van der Waals surface area (Å²) >= 11 is 1.23. The molecule has 1 aliphatic heterocycles. The average Bonchev–Trinajstić information content (AvgIpc) is 2.89. The molecule has 0 fully saturated rings. The fraction of sp³-hybridized carbons (Fsp3) is 0.467. The molecule has 1 atom stereocenters. The van der Waals surface area contributed by atoms with Crippen LogP contribution in [0.3, 0.4) is 0 Å². The van der Waals surface area contributed by atoms with Gasteiger partial charge in [-0.3, -0.25) is 9.59 Å². The molecule has 3 heterocycles. The van der Waals surface area contributed by atoms with Crippen LogP contribution in [0.4, 0.5) is 5.82 Å². The number of anilines is 1. The zero-order valence-electron chi connectivity index (χ0n) is 13.1. The van der Waals surface area contributed by atoms with Gasteiger partial charge >= 0.3 is 0 Å². The number of nitrogens with zero attached hydrogens (tertiary/aromatic N) is 3. The van der Waals surface area contributed by atoms with E-state index in [1.54, 1.807) is 20.0 Å². The highest BCUT2D eigenvalue weighted by Gasteiger charge is 2.20. The van der Waals surface area contributed by atoms with Crippen molar-refractivity contribution in [2.24, 2.45) is 0 Å². The molecule has 1 unspecified atom stereocenters. The van der Waals surface area contributed by atoms with Crippen LogP contribution in [0.5, 0.6) is 0 Å². The number of aryl methyl sites for hydroxylation is 2. The Hall–Kier alpha value is -2.09. The Morgan fingerprint density at radius 1 is 1.48 bits per heavy atom. The van der Waals surface area contributed by atoms with Crippen molar-refractivity contribution in [2.45, 2.75) is 50.1 Å². The summed E-state index contributed by atoms with van der Waals surface area (Å²) in [5, 5.41) is 2.99. The highest BCUT2D eigenvalue weighted by Crippen LogP contribution is 2.22. The molecular weight excluding hydrogens is 314 g/mol. The van der Waals surface area contributed by atoms with E-state index in [1.807, 2.05) is 0 Å². The summed E-state index contributed by atoms with van der Waals surface area (Å²) < 4.78 is 2.06. The van der Waals surface area contributed by atoms with E-state index in [9.17, 15) is 9.59 Å². The van der Waals surface area contributed by atoms with Crippen molar-refractivity contribution in [3.05, 3.63) is 34.1 Å². The lowest BCUT2D eigenvalue weighted by atomic mass is 10.2. The smallest absolute Gasteiger partial charge is 0.251 e. The number of carbonyl (C=O) groups is 1. The molecule has 2 N–H and O–H groups in total. The number of imidazole rings is 1. The van der Waals surface area contributed by atoms with Crippen molar-refractivity contribution >= 4 is 23.5 Å². The average molecular weight is 333 g/mol. The molecule has 0 saturated heterocycles. The molecule has 2 aromatic heterocycles. The normalized spacial score (nSPS) is 15.0. The number of aromatic nitrogens is 4. The summed E-state index contributed by atoms with van der Waals surface area (Å²) in [6, 6.07) is 1.42. The van der Waals surface area contributed by atoms with E-state index in [4.69, 9.17) is 0 Å². The monoisotopic (exact) mass is 333 g/mol. The molecule has 0 aromatic carbocycles. The van der Waals surface area contributed by atoms with Gasteiger partial charge in [-0.15, -0.1) is 0 Å². The fourth-order valence-electron chi connectivity index (χ4n) is 2.57. The van der Waals surface area contributed by atoms with E-state index in [1.165, 1.54) is 17.8 Å². The lowest BCUT2D eigenvalue weighted by Gasteiger charge is -2.17. The minimum absolute atomic E-state index is 0.132. The molecule has 0 saturated carbocycles. The fourth-order valence-corrected chi connectivity index (χ4v) is 3.43. The van der Waals surface area contributed by atoms with Gasteiger partial charge < -0.3 is 14.9 Å². The van der Waals surface area contributed by atoms with E-state index in [-0.39, 0.29) is 16.7 Å². The number of amides is 1. The third-order valence-electron chi connectivity index (χ3n) is 3.73. The zero-order valence-corrected chi connectivity index (χ0v) is 13.9. The number of H-pyrrole nitrogens is 1. The van der Waals surface area contributed by atoms with Crippen LogP contribution in [0.15, 0.2) is 22.2 Å². The topological polar surface area (TPSA) is 92.7 Å². The van der Waals surface area contributed by atoms with Crippen LogP contribution in [-0.4, -0.2) is 30.7 Å². The van der Waals surface area contributed by atoms with Gasteiger partial charge in [0.05, 0.1) is 11.4 Å². The summed E-state index contributed by atoms with van der Waals surface area (Å²) in [7, 11) is 0. The van der Waals surface area contributed by atoms with Gasteiger partial charge in [-0.2, -0.15) is 0 Å². The molecule has 0 aliphatic carbocycles. The Morgan fingerprint density at radius 2 is 2.30 bits per heavy atom. The van der Waals surface area contributed by atoms with Gasteiger partial charge in [-0.1, -0.05) is 11.8 Å². The highest BCUT2D eigenvalue weighted by atomic mass is 32.2. The van der Waals surface area contributed by atoms with Crippen LogP contribution in [0.1, 0.15) is 31.3 Å². The third-order valence-corrected chi connectivity index (χ3v) is 4.71. The number of fused-ring (bicyclic) bond motifs is 1. The molecular formula is C15H19N5O2S. The predicted octanol–water partition coefficient (Wildman–Crippen LogP) is 1.73. The molecule has 0 spiro atoms. The molecule has 7 nitrogen and oxygen atoms in total. The standard InChI is InChI=1S/C15H19N5O2S/c1-9-7-13(21)19-15(17-9)23-10(2)14(22)18-12-8-16-11-5-3-4-6-20(11)12/h7-8,10H,3-6H2,1-2H3,(H,18,22)(H,17,19,21). The van der Waals surface area contributed by atoms with E-state index in [2.05, 4.69) is 24.8 Å². The van der Waals surface area contributed by atoms with Crippen LogP contribution < -0.4 is 10.9 Å².